The highest BCUT2D eigenvalue weighted by atomic mass is 79.9. The molecule has 1 fully saturated rings. The molecule has 4 amide bonds. The van der Waals surface area contributed by atoms with Crippen molar-refractivity contribution in [3.05, 3.63) is 57.0 Å². The fraction of sp³-hybridized carbons (Fsp3) is 0.0952. The average Bonchev–Trinajstić information content (AvgIpc) is 2.71. The zero-order valence-corrected chi connectivity index (χ0v) is 17.9. The number of methoxy groups -OCH3 is 1. The third-order valence-electron chi connectivity index (χ3n) is 4.06. The monoisotopic (exact) mass is 488 g/mol. The van der Waals surface area contributed by atoms with Crippen molar-refractivity contribution < 1.29 is 23.9 Å². The molecule has 30 heavy (non-hydrogen) atoms. The maximum atomic E-state index is 13.0. The van der Waals surface area contributed by atoms with E-state index in [-0.39, 0.29) is 22.9 Å². The summed E-state index contributed by atoms with van der Waals surface area (Å²) in [4.78, 5) is 38.4. The van der Waals surface area contributed by atoms with Crippen molar-refractivity contribution in [2.24, 2.45) is 0 Å². The number of carbonyl (C=O) groups excluding carboxylic acids is 3. The van der Waals surface area contributed by atoms with Crippen LogP contribution in [0.1, 0.15) is 5.56 Å². The van der Waals surface area contributed by atoms with Gasteiger partial charge in [-0.3, -0.25) is 14.9 Å². The largest absolute Gasteiger partial charge is 0.493 e. The molecule has 0 aromatic heterocycles. The molecule has 0 unspecified atom stereocenters. The molecule has 0 bridgehead atoms. The van der Waals surface area contributed by atoms with Crippen LogP contribution in [-0.4, -0.2) is 31.6 Å². The predicted octanol–water partition coefficient (Wildman–Crippen LogP) is 3.79. The molecule has 0 saturated carbocycles. The van der Waals surface area contributed by atoms with Gasteiger partial charge in [0.2, 0.25) is 0 Å². The number of amides is 4. The molecule has 0 radical (unpaired) electrons. The Morgan fingerprint density at radius 3 is 2.67 bits per heavy atom. The third kappa shape index (κ3) is 4.17. The molecule has 0 spiro atoms. The van der Waals surface area contributed by atoms with E-state index in [1.54, 1.807) is 24.3 Å². The summed E-state index contributed by atoms with van der Waals surface area (Å²) in [5.41, 5.74) is 0.372. The lowest BCUT2D eigenvalue weighted by Crippen LogP contribution is -2.54. The molecule has 1 aliphatic heterocycles. The summed E-state index contributed by atoms with van der Waals surface area (Å²) in [5.74, 6) is 1.45. The van der Waals surface area contributed by atoms with Gasteiger partial charge in [-0.15, -0.1) is 6.42 Å². The third-order valence-corrected chi connectivity index (χ3v) is 4.97. The number of nitrogens with zero attached hydrogens (tertiary/aromatic N) is 1. The Bertz CT molecular complexity index is 1120. The number of benzene rings is 2. The van der Waals surface area contributed by atoms with Crippen LogP contribution in [0, 0.1) is 12.3 Å². The Balaban J connectivity index is 2.04. The van der Waals surface area contributed by atoms with Gasteiger partial charge in [0, 0.05) is 0 Å². The van der Waals surface area contributed by atoms with Crippen LogP contribution in [-0.2, 0) is 9.59 Å². The van der Waals surface area contributed by atoms with Crippen LogP contribution in [0.25, 0.3) is 6.08 Å². The molecule has 1 aliphatic rings. The van der Waals surface area contributed by atoms with Gasteiger partial charge >= 0.3 is 6.03 Å². The summed E-state index contributed by atoms with van der Waals surface area (Å²) in [7, 11) is 1.44. The topological polar surface area (TPSA) is 84.9 Å². The normalized spacial score (nSPS) is 15.1. The lowest BCUT2D eigenvalue weighted by Gasteiger charge is -2.27. The molecule has 0 atom stereocenters. The molecule has 2 aromatic rings. The van der Waals surface area contributed by atoms with Crippen molar-refractivity contribution in [1.82, 2.24) is 5.32 Å². The SMILES string of the molecule is C#CCOc1c(Br)cc(/C=C2\C(=O)NC(=O)N(c3ccccc3Cl)C2=O)cc1OC. The number of hydrogen-bond acceptors (Lipinski definition) is 5. The minimum Gasteiger partial charge on any atom is -0.493 e. The summed E-state index contributed by atoms with van der Waals surface area (Å²) < 4.78 is 11.3. The van der Waals surface area contributed by atoms with E-state index >= 15 is 0 Å². The van der Waals surface area contributed by atoms with Gasteiger partial charge in [0.25, 0.3) is 11.8 Å². The quantitative estimate of drug-likeness (QED) is 0.392. The smallest absolute Gasteiger partial charge is 0.335 e. The molecule has 152 valence electrons. The number of rotatable bonds is 5. The van der Waals surface area contributed by atoms with E-state index in [1.165, 1.54) is 25.3 Å². The number of halogens is 2. The first kappa shape index (κ1) is 21.4. The Labute approximate surface area is 185 Å². The van der Waals surface area contributed by atoms with E-state index in [0.717, 1.165) is 4.90 Å². The molecular formula is C21H14BrClN2O5. The Morgan fingerprint density at radius 2 is 2.00 bits per heavy atom. The van der Waals surface area contributed by atoms with Crippen molar-refractivity contribution in [3.8, 4) is 23.8 Å². The molecular weight excluding hydrogens is 476 g/mol. The number of anilines is 1. The molecule has 0 aliphatic carbocycles. The van der Waals surface area contributed by atoms with Crippen LogP contribution >= 0.6 is 27.5 Å². The lowest BCUT2D eigenvalue weighted by molar-refractivity contribution is -0.122. The highest BCUT2D eigenvalue weighted by Gasteiger charge is 2.37. The summed E-state index contributed by atoms with van der Waals surface area (Å²) in [5, 5.41) is 2.34. The zero-order chi connectivity index (χ0) is 21.8. The van der Waals surface area contributed by atoms with Crippen molar-refractivity contribution in [3.63, 3.8) is 0 Å². The first-order valence-corrected chi connectivity index (χ1v) is 9.64. The first-order chi connectivity index (χ1) is 14.4. The number of carbonyl (C=O) groups is 3. The molecule has 3 rings (SSSR count). The van der Waals surface area contributed by atoms with E-state index in [2.05, 4.69) is 27.2 Å². The van der Waals surface area contributed by atoms with Gasteiger partial charge < -0.3 is 9.47 Å². The fourth-order valence-corrected chi connectivity index (χ4v) is 3.55. The average molecular weight is 490 g/mol. The second-order valence-corrected chi connectivity index (χ2v) is 7.20. The molecule has 1 saturated heterocycles. The fourth-order valence-electron chi connectivity index (χ4n) is 2.75. The van der Waals surface area contributed by atoms with E-state index in [9.17, 15) is 14.4 Å². The molecule has 1 N–H and O–H groups in total. The summed E-state index contributed by atoms with van der Waals surface area (Å²) in [6, 6.07) is 8.63. The van der Waals surface area contributed by atoms with Gasteiger partial charge in [0.1, 0.15) is 12.2 Å². The van der Waals surface area contributed by atoms with E-state index in [0.29, 0.717) is 21.5 Å². The highest BCUT2D eigenvalue weighted by molar-refractivity contribution is 9.10. The van der Waals surface area contributed by atoms with E-state index < -0.39 is 17.8 Å². The number of barbiturate groups is 1. The van der Waals surface area contributed by atoms with Gasteiger partial charge in [-0.25, -0.2) is 9.69 Å². The molecule has 1 heterocycles. The van der Waals surface area contributed by atoms with Gasteiger partial charge in [0.15, 0.2) is 11.5 Å². The highest BCUT2D eigenvalue weighted by Crippen LogP contribution is 2.37. The van der Waals surface area contributed by atoms with Crippen LogP contribution < -0.4 is 19.7 Å². The van der Waals surface area contributed by atoms with Crippen LogP contribution in [0.4, 0.5) is 10.5 Å². The second kappa shape index (κ2) is 9.03. The standard InChI is InChI=1S/C21H14BrClN2O5/c1-3-8-30-18-14(22)10-12(11-17(18)29-2)9-13-19(26)24-21(28)25(20(13)27)16-7-5-4-6-15(16)23/h1,4-7,9-11H,8H2,2H3,(H,24,26,28)/b13-9+. The summed E-state index contributed by atoms with van der Waals surface area (Å²) in [6.07, 6.45) is 6.56. The maximum absolute atomic E-state index is 13.0. The van der Waals surface area contributed by atoms with E-state index in [4.69, 9.17) is 27.5 Å². The summed E-state index contributed by atoms with van der Waals surface area (Å²) in [6.45, 7) is 0.0329. The van der Waals surface area contributed by atoms with Crippen LogP contribution in [0.2, 0.25) is 5.02 Å². The summed E-state index contributed by atoms with van der Waals surface area (Å²) >= 11 is 9.48. The van der Waals surface area contributed by atoms with Crippen molar-refractivity contribution >= 4 is 57.1 Å². The lowest BCUT2D eigenvalue weighted by atomic mass is 10.1. The number of urea groups is 1. The number of terminal acetylenes is 1. The Morgan fingerprint density at radius 1 is 1.27 bits per heavy atom. The first-order valence-electron chi connectivity index (χ1n) is 8.47. The molecule has 2 aromatic carbocycles. The predicted molar refractivity (Wildman–Crippen MR) is 115 cm³/mol. The number of hydrogen-bond donors (Lipinski definition) is 1. The Hall–Kier alpha value is -3.28. The minimum atomic E-state index is -0.882. The number of ether oxygens (including phenoxy) is 2. The second-order valence-electron chi connectivity index (χ2n) is 5.94. The van der Waals surface area contributed by atoms with Gasteiger partial charge in [-0.05, 0) is 51.8 Å². The number of para-hydroxylation sites is 1. The number of nitrogens with one attached hydrogen (secondary N) is 1. The van der Waals surface area contributed by atoms with Crippen LogP contribution in [0.5, 0.6) is 11.5 Å². The van der Waals surface area contributed by atoms with Crippen LogP contribution in [0.15, 0.2) is 46.4 Å². The van der Waals surface area contributed by atoms with Crippen molar-refractivity contribution in [2.45, 2.75) is 0 Å². The molecule has 7 nitrogen and oxygen atoms in total. The Kier molecular flexibility index (Phi) is 6.45. The minimum absolute atomic E-state index is 0.0329. The van der Waals surface area contributed by atoms with Crippen molar-refractivity contribution in [2.75, 3.05) is 18.6 Å². The molecule has 9 heteroatoms. The van der Waals surface area contributed by atoms with E-state index in [1.807, 2.05) is 0 Å². The van der Waals surface area contributed by atoms with Gasteiger partial charge in [0.05, 0.1) is 22.3 Å². The zero-order valence-electron chi connectivity index (χ0n) is 15.6. The maximum Gasteiger partial charge on any atom is 0.335 e. The number of imide groups is 2. The van der Waals surface area contributed by atoms with Gasteiger partial charge in [-0.1, -0.05) is 29.7 Å². The van der Waals surface area contributed by atoms with Crippen molar-refractivity contribution in [1.29, 1.82) is 0 Å². The van der Waals surface area contributed by atoms with Gasteiger partial charge in [-0.2, -0.15) is 0 Å². The van der Waals surface area contributed by atoms with Crippen LogP contribution in [0.3, 0.4) is 0 Å².